The Labute approximate surface area is 189 Å². The molecule has 4 rings (SSSR count). The Kier molecular flexibility index (Phi) is 6.11. The van der Waals surface area contributed by atoms with Crippen LogP contribution >= 0.6 is 0 Å². The zero-order valence-corrected chi connectivity index (χ0v) is 18.6. The maximum Gasteiger partial charge on any atom is 0.275 e. The Morgan fingerprint density at radius 3 is 2.55 bits per heavy atom. The van der Waals surface area contributed by atoms with Crippen molar-refractivity contribution in [3.63, 3.8) is 0 Å². The number of aromatic amines is 1. The number of H-pyrrole nitrogens is 1. The lowest BCUT2D eigenvalue weighted by Crippen LogP contribution is -2.29. The summed E-state index contributed by atoms with van der Waals surface area (Å²) in [6.07, 6.45) is 1.79. The van der Waals surface area contributed by atoms with Crippen molar-refractivity contribution in [2.75, 3.05) is 6.61 Å². The number of aromatic nitrogens is 3. The van der Waals surface area contributed by atoms with E-state index < -0.39 is 11.9 Å². The van der Waals surface area contributed by atoms with E-state index in [-0.39, 0.29) is 29.9 Å². The smallest absolute Gasteiger partial charge is 0.275 e. The largest absolute Gasteiger partial charge is 0.396 e. The van der Waals surface area contributed by atoms with Gasteiger partial charge in [-0.05, 0) is 67.6 Å². The third kappa shape index (κ3) is 4.42. The summed E-state index contributed by atoms with van der Waals surface area (Å²) in [7, 11) is 0. The van der Waals surface area contributed by atoms with Crippen molar-refractivity contribution in [3.8, 4) is 11.4 Å². The molecule has 0 saturated carbocycles. The van der Waals surface area contributed by atoms with Crippen molar-refractivity contribution >= 4 is 11.4 Å². The highest BCUT2D eigenvalue weighted by molar-refractivity contribution is 5.97. The molecule has 2 aromatic carbocycles. The number of halogens is 1. The molecule has 8 heteroatoms. The van der Waals surface area contributed by atoms with Crippen molar-refractivity contribution in [1.29, 1.82) is 0 Å². The number of aryl methyl sites for hydroxylation is 3. The molecular weight excluding hydrogens is 423 g/mol. The number of amides is 1. The summed E-state index contributed by atoms with van der Waals surface area (Å²) in [5.41, 5.74) is 4.40. The lowest BCUT2D eigenvalue weighted by atomic mass is 10.0. The summed E-state index contributed by atoms with van der Waals surface area (Å²) in [5.74, 6) is -0.387. The molecule has 170 valence electrons. The summed E-state index contributed by atoms with van der Waals surface area (Å²) in [6, 6.07) is 11.0. The summed E-state index contributed by atoms with van der Waals surface area (Å²) in [5, 5.41) is 16.8. The fraction of sp³-hybridized carbons (Fsp3) is 0.240. The van der Waals surface area contributed by atoms with Gasteiger partial charge < -0.3 is 15.4 Å². The summed E-state index contributed by atoms with van der Waals surface area (Å²) in [6.45, 7) is 5.53. The minimum absolute atomic E-state index is 0.153. The van der Waals surface area contributed by atoms with E-state index in [1.165, 1.54) is 22.8 Å². The van der Waals surface area contributed by atoms with Gasteiger partial charge in [0.05, 0.1) is 11.6 Å². The van der Waals surface area contributed by atoms with Gasteiger partial charge in [0.2, 0.25) is 0 Å². The van der Waals surface area contributed by atoms with Crippen molar-refractivity contribution in [2.45, 2.75) is 33.2 Å². The van der Waals surface area contributed by atoms with Gasteiger partial charge in [-0.15, -0.1) is 5.10 Å². The van der Waals surface area contributed by atoms with Gasteiger partial charge in [-0.1, -0.05) is 24.3 Å². The molecule has 7 nitrogen and oxygen atoms in total. The average Bonchev–Trinajstić information content (AvgIpc) is 3.13. The first-order valence-corrected chi connectivity index (χ1v) is 10.7. The molecule has 0 fully saturated rings. The van der Waals surface area contributed by atoms with Crippen LogP contribution < -0.4 is 10.9 Å². The summed E-state index contributed by atoms with van der Waals surface area (Å²) >= 11 is 0. The minimum atomic E-state index is -0.511. The predicted octanol–water partition coefficient (Wildman–Crippen LogP) is 3.61. The molecule has 0 bridgehead atoms. The Hall–Kier alpha value is -3.78. The number of nitrogens with one attached hydrogen (secondary N) is 2. The fourth-order valence-corrected chi connectivity index (χ4v) is 3.87. The number of benzene rings is 2. The molecule has 4 aromatic rings. The number of carbonyl (C=O) groups is 1. The molecule has 0 aliphatic rings. The van der Waals surface area contributed by atoms with Gasteiger partial charge in [0.15, 0.2) is 5.82 Å². The first-order chi connectivity index (χ1) is 15.8. The van der Waals surface area contributed by atoms with Crippen molar-refractivity contribution in [2.24, 2.45) is 0 Å². The highest BCUT2D eigenvalue weighted by atomic mass is 19.1. The first-order valence-electron chi connectivity index (χ1n) is 10.7. The van der Waals surface area contributed by atoms with E-state index in [2.05, 4.69) is 15.4 Å². The second-order valence-corrected chi connectivity index (χ2v) is 8.15. The molecule has 0 radical (unpaired) electrons. The van der Waals surface area contributed by atoms with E-state index in [1.54, 1.807) is 19.1 Å². The molecule has 0 spiro atoms. The topological polar surface area (TPSA) is 99.5 Å². The third-order valence-electron chi connectivity index (χ3n) is 5.91. The summed E-state index contributed by atoms with van der Waals surface area (Å²) in [4.78, 5) is 28.7. The summed E-state index contributed by atoms with van der Waals surface area (Å²) < 4.78 is 14.7. The molecule has 1 amide bonds. The van der Waals surface area contributed by atoms with Gasteiger partial charge in [-0.25, -0.2) is 8.91 Å². The molecule has 3 N–H and O–H groups in total. The van der Waals surface area contributed by atoms with Gasteiger partial charge in [-0.2, -0.15) is 0 Å². The van der Waals surface area contributed by atoms with Crippen LogP contribution in [0.1, 0.15) is 45.1 Å². The number of nitrogens with zero attached hydrogens (tertiary/aromatic N) is 2. The Balaban J connectivity index is 1.70. The Bertz CT molecular complexity index is 1390. The zero-order chi connectivity index (χ0) is 23.7. The molecule has 2 heterocycles. The van der Waals surface area contributed by atoms with Crippen molar-refractivity contribution in [1.82, 2.24) is 19.9 Å². The van der Waals surface area contributed by atoms with Gasteiger partial charge in [0.1, 0.15) is 11.3 Å². The van der Waals surface area contributed by atoms with Crippen LogP contribution in [0.25, 0.3) is 16.9 Å². The van der Waals surface area contributed by atoms with Crippen LogP contribution in [-0.4, -0.2) is 32.2 Å². The number of rotatable bonds is 6. The highest BCUT2D eigenvalue weighted by Crippen LogP contribution is 2.22. The van der Waals surface area contributed by atoms with E-state index in [0.717, 1.165) is 16.7 Å². The van der Waals surface area contributed by atoms with E-state index in [9.17, 15) is 19.1 Å². The maximum atomic E-state index is 13.3. The molecule has 0 saturated heterocycles. The number of fused-ring (bicyclic) bond motifs is 1. The number of aliphatic hydroxyl groups excluding tert-OH is 1. The molecule has 33 heavy (non-hydrogen) atoms. The molecule has 1 atom stereocenters. The molecule has 1 unspecified atom stereocenters. The predicted molar refractivity (Wildman–Crippen MR) is 124 cm³/mol. The van der Waals surface area contributed by atoms with Crippen LogP contribution in [0.4, 0.5) is 4.39 Å². The normalized spacial score (nSPS) is 12.2. The Morgan fingerprint density at radius 1 is 1.15 bits per heavy atom. The third-order valence-corrected chi connectivity index (χ3v) is 5.91. The van der Waals surface area contributed by atoms with Gasteiger partial charge in [0, 0.05) is 18.4 Å². The van der Waals surface area contributed by atoms with Crippen LogP contribution in [0.3, 0.4) is 0 Å². The number of aliphatic hydroxyl groups is 1. The van der Waals surface area contributed by atoms with Gasteiger partial charge in [0.25, 0.3) is 11.5 Å². The fourth-order valence-electron chi connectivity index (χ4n) is 3.87. The van der Waals surface area contributed by atoms with Crippen LogP contribution in [-0.2, 0) is 0 Å². The lowest BCUT2D eigenvalue weighted by molar-refractivity contribution is 0.0929. The van der Waals surface area contributed by atoms with Crippen LogP contribution in [0.15, 0.2) is 53.5 Å². The van der Waals surface area contributed by atoms with Crippen LogP contribution in [0.5, 0.6) is 0 Å². The Morgan fingerprint density at radius 2 is 1.88 bits per heavy atom. The van der Waals surface area contributed by atoms with Gasteiger partial charge in [-0.3, -0.25) is 9.59 Å². The van der Waals surface area contributed by atoms with Crippen LogP contribution in [0, 0.1) is 26.6 Å². The first kappa shape index (κ1) is 22.4. The average molecular weight is 448 g/mol. The van der Waals surface area contributed by atoms with Crippen molar-refractivity contribution in [3.05, 3.63) is 92.6 Å². The zero-order valence-electron chi connectivity index (χ0n) is 18.6. The van der Waals surface area contributed by atoms with Crippen LogP contribution in [0.2, 0.25) is 0 Å². The second-order valence-electron chi connectivity index (χ2n) is 8.15. The number of carbonyl (C=O) groups excluding carboxylic acids is 1. The van der Waals surface area contributed by atoms with E-state index >= 15 is 0 Å². The molecule has 0 aliphatic carbocycles. The number of hydrogen-bond donors (Lipinski definition) is 3. The second kappa shape index (κ2) is 8.99. The van der Waals surface area contributed by atoms with Crippen molar-refractivity contribution < 1.29 is 14.3 Å². The number of hydrogen-bond acceptors (Lipinski definition) is 4. The van der Waals surface area contributed by atoms with E-state index in [0.29, 0.717) is 22.5 Å². The standard InChI is InChI=1S/C25H25FN4O3/c1-14-4-5-18(12-15(14)2)23-28-25(33)22-16(3)20(13-30(22)29-23)24(32)27-21(10-11-31)17-6-8-19(26)9-7-17/h4-9,12-13,21,31H,10-11H2,1-3H3,(H,27,32)(H,28,29,33). The molecule has 2 aromatic heterocycles. The molecular formula is C25H25FN4O3. The highest BCUT2D eigenvalue weighted by Gasteiger charge is 2.21. The minimum Gasteiger partial charge on any atom is -0.396 e. The van der Waals surface area contributed by atoms with E-state index in [4.69, 9.17) is 0 Å². The van der Waals surface area contributed by atoms with E-state index in [1.807, 2.05) is 32.0 Å². The quantitative estimate of drug-likeness (QED) is 0.420. The SMILES string of the molecule is Cc1ccc(-c2nn3cc(C(=O)NC(CCO)c4ccc(F)cc4)c(C)c3c(=O)[nH]2)cc1C. The lowest BCUT2D eigenvalue weighted by Gasteiger charge is -2.18. The monoisotopic (exact) mass is 448 g/mol. The van der Waals surface area contributed by atoms with Gasteiger partial charge >= 0.3 is 0 Å². The maximum absolute atomic E-state index is 13.3. The molecule has 0 aliphatic heterocycles.